The lowest BCUT2D eigenvalue weighted by Crippen LogP contribution is -2.30. The van der Waals surface area contributed by atoms with Crippen molar-refractivity contribution < 1.29 is 17.2 Å². The van der Waals surface area contributed by atoms with E-state index < -0.39 is 26.7 Å². The summed E-state index contributed by atoms with van der Waals surface area (Å²) in [5.41, 5.74) is 0.357. The van der Waals surface area contributed by atoms with Gasteiger partial charge in [0.15, 0.2) is 0 Å². The molecule has 1 saturated carbocycles. The van der Waals surface area contributed by atoms with Crippen molar-refractivity contribution in [2.45, 2.75) is 43.5 Å². The molecule has 1 aromatic heterocycles. The van der Waals surface area contributed by atoms with E-state index in [0.29, 0.717) is 11.6 Å². The highest BCUT2D eigenvalue weighted by molar-refractivity contribution is 7.92. The van der Waals surface area contributed by atoms with Crippen molar-refractivity contribution in [3.8, 4) is 0 Å². The minimum absolute atomic E-state index is 0.0988. The molecule has 0 bridgehead atoms. The Balaban J connectivity index is 1.85. The average Bonchev–Trinajstić information content (AvgIpc) is 2.59. The molecule has 1 aromatic carbocycles. The lowest BCUT2D eigenvalue weighted by Gasteiger charge is -2.30. The lowest BCUT2D eigenvalue weighted by atomic mass is 9.86. The van der Waals surface area contributed by atoms with Crippen molar-refractivity contribution in [2.75, 3.05) is 10.0 Å². The van der Waals surface area contributed by atoms with Crippen molar-refractivity contribution in [3.63, 3.8) is 0 Å². The van der Waals surface area contributed by atoms with Gasteiger partial charge in [-0.05, 0) is 43.0 Å². The highest BCUT2D eigenvalue weighted by Crippen LogP contribution is 2.33. The molecule has 5 nitrogen and oxygen atoms in total. The van der Waals surface area contributed by atoms with Crippen LogP contribution < -0.4 is 10.0 Å². The summed E-state index contributed by atoms with van der Waals surface area (Å²) >= 11 is 6.21. The number of anilines is 2. The standard InChI is InChI=1S/C18H20ClF2N3O2S/c1-11-5-2-3-6-14(11)22-15-10-13(20)16(9-12(15)19)27(25,26)24-18-8-4-7-17(21)23-18/h4,7-11,14,22H,2-3,5-6H2,1H3,(H,23,24)/t11-,14-/m0/s1. The maximum absolute atomic E-state index is 14.5. The van der Waals surface area contributed by atoms with E-state index in [2.05, 4.69) is 21.9 Å². The quantitative estimate of drug-likeness (QED) is 0.688. The number of halogens is 3. The summed E-state index contributed by atoms with van der Waals surface area (Å²) in [5, 5.41) is 3.33. The first kappa shape index (κ1) is 19.8. The zero-order chi connectivity index (χ0) is 19.6. The Labute approximate surface area is 162 Å². The molecular weight excluding hydrogens is 396 g/mol. The number of benzene rings is 1. The molecule has 1 heterocycles. The van der Waals surface area contributed by atoms with Gasteiger partial charge in [-0.15, -0.1) is 0 Å². The third-order valence-electron chi connectivity index (χ3n) is 4.72. The molecule has 0 spiro atoms. The van der Waals surface area contributed by atoms with Crippen LogP contribution in [-0.4, -0.2) is 19.4 Å². The van der Waals surface area contributed by atoms with Gasteiger partial charge in [0.1, 0.15) is 16.5 Å². The van der Waals surface area contributed by atoms with E-state index in [1.807, 2.05) is 0 Å². The number of aromatic nitrogens is 1. The van der Waals surface area contributed by atoms with Crippen molar-refractivity contribution in [3.05, 3.63) is 47.1 Å². The molecule has 27 heavy (non-hydrogen) atoms. The molecule has 2 N–H and O–H groups in total. The van der Waals surface area contributed by atoms with Crippen LogP contribution in [0, 0.1) is 17.7 Å². The first-order valence-electron chi connectivity index (χ1n) is 8.67. The van der Waals surface area contributed by atoms with Crippen LogP contribution in [0.5, 0.6) is 0 Å². The van der Waals surface area contributed by atoms with Crippen molar-refractivity contribution in [1.29, 1.82) is 0 Å². The minimum Gasteiger partial charge on any atom is -0.381 e. The predicted molar refractivity (Wildman–Crippen MR) is 101 cm³/mol. The number of nitrogens with zero attached hydrogens (tertiary/aromatic N) is 1. The van der Waals surface area contributed by atoms with Crippen LogP contribution in [0.3, 0.4) is 0 Å². The summed E-state index contributed by atoms with van der Waals surface area (Å²) in [6.07, 6.45) is 4.28. The summed E-state index contributed by atoms with van der Waals surface area (Å²) in [7, 11) is -4.31. The van der Waals surface area contributed by atoms with E-state index in [-0.39, 0.29) is 16.9 Å². The Morgan fingerprint density at radius 2 is 1.93 bits per heavy atom. The Morgan fingerprint density at radius 1 is 1.19 bits per heavy atom. The minimum atomic E-state index is -4.31. The number of pyridine rings is 1. The molecule has 0 aliphatic heterocycles. The highest BCUT2D eigenvalue weighted by Gasteiger charge is 2.25. The third-order valence-corrected chi connectivity index (χ3v) is 6.40. The van der Waals surface area contributed by atoms with E-state index in [0.717, 1.165) is 37.5 Å². The molecule has 0 radical (unpaired) electrons. The second-order valence-corrected chi connectivity index (χ2v) is 8.78. The molecule has 0 saturated heterocycles. The van der Waals surface area contributed by atoms with E-state index in [9.17, 15) is 17.2 Å². The summed E-state index contributed by atoms with van der Waals surface area (Å²) in [4.78, 5) is 2.79. The van der Waals surface area contributed by atoms with Gasteiger partial charge in [-0.25, -0.2) is 17.8 Å². The molecule has 0 amide bonds. The monoisotopic (exact) mass is 415 g/mol. The van der Waals surface area contributed by atoms with Crippen LogP contribution >= 0.6 is 11.6 Å². The fourth-order valence-electron chi connectivity index (χ4n) is 3.23. The van der Waals surface area contributed by atoms with Gasteiger partial charge in [-0.2, -0.15) is 4.39 Å². The predicted octanol–water partition coefficient (Wildman–Crippen LogP) is 4.80. The zero-order valence-electron chi connectivity index (χ0n) is 14.7. The number of rotatable bonds is 5. The number of nitrogens with one attached hydrogen (secondary N) is 2. The smallest absolute Gasteiger partial charge is 0.266 e. The van der Waals surface area contributed by atoms with Crippen molar-refractivity contribution in [1.82, 2.24) is 4.98 Å². The topological polar surface area (TPSA) is 71.1 Å². The summed E-state index contributed by atoms with van der Waals surface area (Å²) in [6.45, 7) is 2.12. The maximum atomic E-state index is 14.5. The molecule has 3 rings (SSSR count). The first-order valence-corrected chi connectivity index (χ1v) is 10.5. The number of hydrogen-bond donors (Lipinski definition) is 2. The molecule has 9 heteroatoms. The molecule has 1 aliphatic rings. The lowest BCUT2D eigenvalue weighted by molar-refractivity contribution is 0.349. The Kier molecular flexibility index (Phi) is 5.86. The van der Waals surface area contributed by atoms with Crippen molar-refractivity contribution in [2.24, 2.45) is 5.92 Å². The molecule has 1 fully saturated rings. The molecule has 146 valence electrons. The molecule has 2 atom stereocenters. The van der Waals surface area contributed by atoms with Crippen LogP contribution in [0.25, 0.3) is 0 Å². The molecule has 2 aromatic rings. The Morgan fingerprint density at radius 3 is 2.63 bits per heavy atom. The largest absolute Gasteiger partial charge is 0.381 e. The van der Waals surface area contributed by atoms with E-state index in [4.69, 9.17) is 11.6 Å². The maximum Gasteiger partial charge on any atom is 0.266 e. The molecule has 0 unspecified atom stereocenters. The Bertz CT molecular complexity index is 940. The van der Waals surface area contributed by atoms with Crippen LogP contribution in [-0.2, 0) is 10.0 Å². The van der Waals surface area contributed by atoms with E-state index in [1.54, 1.807) is 0 Å². The van der Waals surface area contributed by atoms with Crippen LogP contribution in [0.4, 0.5) is 20.3 Å². The summed E-state index contributed by atoms with van der Waals surface area (Å²) in [6, 6.07) is 5.92. The van der Waals surface area contributed by atoms with E-state index in [1.165, 1.54) is 18.6 Å². The fraction of sp³-hybridized carbons (Fsp3) is 0.389. The second kappa shape index (κ2) is 7.98. The van der Waals surface area contributed by atoms with Gasteiger partial charge in [0, 0.05) is 6.04 Å². The van der Waals surface area contributed by atoms with Gasteiger partial charge >= 0.3 is 0 Å². The normalized spacial score (nSPS) is 20.3. The average molecular weight is 416 g/mol. The number of sulfonamides is 1. The summed E-state index contributed by atoms with van der Waals surface area (Å²) < 4.78 is 54.6. The van der Waals surface area contributed by atoms with Gasteiger partial charge < -0.3 is 5.32 Å². The second-order valence-electron chi connectivity index (χ2n) is 6.73. The van der Waals surface area contributed by atoms with E-state index >= 15 is 0 Å². The van der Waals surface area contributed by atoms with Gasteiger partial charge in [0.25, 0.3) is 10.0 Å². The van der Waals surface area contributed by atoms with Crippen molar-refractivity contribution >= 4 is 33.1 Å². The van der Waals surface area contributed by atoms with Crippen LogP contribution in [0.2, 0.25) is 5.02 Å². The van der Waals surface area contributed by atoms with Gasteiger partial charge in [-0.1, -0.05) is 37.4 Å². The van der Waals surface area contributed by atoms with Crippen LogP contribution in [0.15, 0.2) is 35.2 Å². The van der Waals surface area contributed by atoms with Gasteiger partial charge in [-0.3, -0.25) is 4.72 Å². The van der Waals surface area contributed by atoms with Crippen LogP contribution in [0.1, 0.15) is 32.6 Å². The SMILES string of the molecule is C[C@H]1CCCC[C@@H]1Nc1cc(F)c(S(=O)(=O)Nc2cccc(F)n2)cc1Cl. The fourth-order valence-corrected chi connectivity index (χ4v) is 4.60. The van der Waals surface area contributed by atoms with Gasteiger partial charge in [0.05, 0.1) is 10.7 Å². The molecule has 1 aliphatic carbocycles. The third kappa shape index (κ3) is 4.68. The summed E-state index contributed by atoms with van der Waals surface area (Å²) in [5.74, 6) is -1.63. The first-order chi connectivity index (χ1) is 12.8. The Hall–Kier alpha value is -1.93. The van der Waals surface area contributed by atoms with Gasteiger partial charge in [0.2, 0.25) is 5.95 Å². The molecular formula is C18H20ClF2N3O2S. The highest BCUT2D eigenvalue weighted by atomic mass is 35.5. The number of hydrogen-bond acceptors (Lipinski definition) is 4. The zero-order valence-corrected chi connectivity index (χ0v) is 16.2.